The van der Waals surface area contributed by atoms with Crippen molar-refractivity contribution >= 4 is 17.2 Å². The minimum absolute atomic E-state index is 0.0246. The van der Waals surface area contributed by atoms with Gasteiger partial charge in [0.2, 0.25) is 0 Å². The Kier molecular flexibility index (Phi) is 3.69. The number of hydrogen-bond acceptors (Lipinski definition) is 4. The Balaban J connectivity index is 1.86. The largest absolute Gasteiger partial charge is 0.497 e. The van der Waals surface area contributed by atoms with Crippen LogP contribution in [0.25, 0.3) is 0 Å². The van der Waals surface area contributed by atoms with Gasteiger partial charge < -0.3 is 9.64 Å². The molecule has 1 atom stereocenters. The molecule has 1 saturated heterocycles. The van der Waals surface area contributed by atoms with Gasteiger partial charge in [0, 0.05) is 11.9 Å². The Morgan fingerprint density at radius 2 is 2.40 bits per heavy atom. The van der Waals surface area contributed by atoms with E-state index in [1.165, 1.54) is 11.3 Å². The van der Waals surface area contributed by atoms with Crippen LogP contribution in [0.3, 0.4) is 0 Å². The lowest BCUT2D eigenvalue weighted by atomic mass is 10.0. The lowest BCUT2D eigenvalue weighted by molar-refractivity contribution is 0.0730. The van der Waals surface area contributed by atoms with Gasteiger partial charge in [-0.3, -0.25) is 4.79 Å². The molecule has 0 saturated carbocycles. The van der Waals surface area contributed by atoms with Crippen LogP contribution in [-0.2, 0) is 0 Å². The Labute approximate surface area is 122 Å². The van der Waals surface area contributed by atoms with Crippen LogP contribution < -0.4 is 4.74 Å². The maximum atomic E-state index is 12.5. The van der Waals surface area contributed by atoms with Gasteiger partial charge in [0.25, 0.3) is 5.91 Å². The second kappa shape index (κ2) is 5.63. The zero-order chi connectivity index (χ0) is 13.9. The number of likely N-dealkylation sites (tertiary alicyclic amines) is 1. The summed E-state index contributed by atoms with van der Waals surface area (Å²) in [6.07, 6.45) is 2.01. The van der Waals surface area contributed by atoms with Crippen molar-refractivity contribution in [3.05, 3.63) is 46.4 Å². The number of thiazole rings is 1. The molecule has 0 N–H and O–H groups in total. The molecule has 0 aliphatic carbocycles. The van der Waals surface area contributed by atoms with Crippen molar-refractivity contribution in [1.29, 1.82) is 0 Å². The highest BCUT2D eigenvalue weighted by Crippen LogP contribution is 2.34. The highest BCUT2D eigenvalue weighted by atomic mass is 32.1. The molecule has 1 aliphatic rings. The van der Waals surface area contributed by atoms with E-state index >= 15 is 0 Å². The summed E-state index contributed by atoms with van der Waals surface area (Å²) < 4.78 is 5.27. The molecule has 4 nitrogen and oxygen atoms in total. The number of hydrogen-bond donors (Lipinski definition) is 0. The number of rotatable bonds is 3. The minimum Gasteiger partial charge on any atom is -0.497 e. The van der Waals surface area contributed by atoms with E-state index in [1.54, 1.807) is 12.6 Å². The molecule has 2 aromatic rings. The Bertz CT molecular complexity index is 598. The molecule has 0 bridgehead atoms. The zero-order valence-electron chi connectivity index (χ0n) is 11.3. The number of methoxy groups -OCH3 is 1. The van der Waals surface area contributed by atoms with E-state index < -0.39 is 0 Å². The van der Waals surface area contributed by atoms with E-state index in [2.05, 4.69) is 11.1 Å². The summed E-state index contributed by atoms with van der Waals surface area (Å²) in [5.41, 5.74) is 3.37. The van der Waals surface area contributed by atoms with E-state index in [4.69, 9.17) is 4.74 Å². The Hall–Kier alpha value is -1.88. The third-order valence-electron chi connectivity index (χ3n) is 3.64. The van der Waals surface area contributed by atoms with Crippen molar-refractivity contribution in [2.45, 2.75) is 18.9 Å². The fourth-order valence-corrected chi connectivity index (χ4v) is 3.20. The van der Waals surface area contributed by atoms with Gasteiger partial charge in [0.05, 0.1) is 18.7 Å². The van der Waals surface area contributed by atoms with Crippen LogP contribution in [0.1, 0.15) is 34.9 Å². The van der Waals surface area contributed by atoms with Crippen molar-refractivity contribution in [2.24, 2.45) is 0 Å². The third-order valence-corrected chi connectivity index (χ3v) is 4.23. The van der Waals surface area contributed by atoms with Gasteiger partial charge in [0.15, 0.2) is 0 Å². The second-order valence-corrected chi connectivity index (χ2v) is 5.53. The summed E-state index contributed by atoms with van der Waals surface area (Å²) in [4.78, 5) is 18.5. The summed E-state index contributed by atoms with van der Waals surface area (Å²) in [6, 6.07) is 8.08. The van der Waals surface area contributed by atoms with E-state index in [-0.39, 0.29) is 11.9 Å². The first-order valence-corrected chi connectivity index (χ1v) is 7.57. The van der Waals surface area contributed by atoms with Gasteiger partial charge in [-0.05, 0) is 30.5 Å². The van der Waals surface area contributed by atoms with E-state index in [0.29, 0.717) is 5.69 Å². The van der Waals surface area contributed by atoms with Crippen molar-refractivity contribution in [3.8, 4) is 5.75 Å². The maximum absolute atomic E-state index is 12.5. The molecule has 1 fully saturated rings. The van der Waals surface area contributed by atoms with E-state index in [1.807, 2.05) is 28.5 Å². The summed E-state index contributed by atoms with van der Waals surface area (Å²) in [6.45, 7) is 0.790. The molecule has 2 heterocycles. The van der Waals surface area contributed by atoms with Crippen LogP contribution in [0.5, 0.6) is 5.75 Å². The monoisotopic (exact) mass is 288 g/mol. The van der Waals surface area contributed by atoms with E-state index in [0.717, 1.165) is 30.7 Å². The maximum Gasteiger partial charge on any atom is 0.273 e. The molecule has 3 rings (SSSR count). The van der Waals surface area contributed by atoms with E-state index in [9.17, 15) is 4.79 Å². The summed E-state index contributed by atoms with van der Waals surface area (Å²) in [5.74, 6) is 0.854. The number of carbonyl (C=O) groups is 1. The SMILES string of the molecule is COc1cccc([C@@H]2CCCN2C(=O)c2cscn2)c1. The van der Waals surface area contributed by atoms with Crippen LogP contribution in [0, 0.1) is 0 Å². The minimum atomic E-state index is 0.0246. The smallest absolute Gasteiger partial charge is 0.273 e. The predicted molar refractivity (Wildman–Crippen MR) is 78.1 cm³/mol. The van der Waals surface area contributed by atoms with Crippen molar-refractivity contribution < 1.29 is 9.53 Å². The van der Waals surface area contributed by atoms with Crippen LogP contribution in [-0.4, -0.2) is 29.4 Å². The molecule has 1 aromatic carbocycles. The van der Waals surface area contributed by atoms with Crippen molar-refractivity contribution in [1.82, 2.24) is 9.88 Å². The molecule has 0 spiro atoms. The van der Waals surface area contributed by atoms with Gasteiger partial charge in [0.1, 0.15) is 11.4 Å². The Morgan fingerprint density at radius 3 is 3.15 bits per heavy atom. The summed E-state index contributed by atoms with van der Waals surface area (Å²) >= 11 is 1.45. The summed E-state index contributed by atoms with van der Waals surface area (Å²) in [5, 5.41) is 1.81. The van der Waals surface area contributed by atoms with Gasteiger partial charge in [-0.25, -0.2) is 4.98 Å². The van der Waals surface area contributed by atoms with Gasteiger partial charge in [-0.1, -0.05) is 12.1 Å². The second-order valence-electron chi connectivity index (χ2n) is 4.81. The van der Waals surface area contributed by atoms with Crippen LogP contribution in [0.4, 0.5) is 0 Å². The lowest BCUT2D eigenvalue weighted by Crippen LogP contribution is -2.30. The molecular weight excluding hydrogens is 272 g/mol. The molecule has 0 unspecified atom stereocenters. The van der Waals surface area contributed by atoms with Crippen LogP contribution in [0.15, 0.2) is 35.2 Å². The predicted octanol–water partition coefficient (Wildman–Crippen LogP) is 3.13. The standard InChI is InChI=1S/C15H16N2O2S/c1-19-12-5-2-4-11(8-12)14-6-3-7-17(14)15(18)13-9-20-10-16-13/h2,4-5,8-10,14H,3,6-7H2,1H3/t14-/m0/s1. The third kappa shape index (κ3) is 2.41. The molecule has 1 aliphatic heterocycles. The summed E-state index contributed by atoms with van der Waals surface area (Å²) in [7, 11) is 1.66. The van der Waals surface area contributed by atoms with Gasteiger partial charge in [-0.15, -0.1) is 11.3 Å². The fraction of sp³-hybridized carbons (Fsp3) is 0.333. The molecule has 1 aromatic heterocycles. The van der Waals surface area contributed by atoms with Crippen LogP contribution in [0.2, 0.25) is 0 Å². The molecule has 104 valence electrons. The zero-order valence-corrected chi connectivity index (χ0v) is 12.1. The molecule has 0 radical (unpaired) electrons. The van der Waals surface area contributed by atoms with Crippen molar-refractivity contribution in [2.75, 3.05) is 13.7 Å². The molecular formula is C15H16N2O2S. The topological polar surface area (TPSA) is 42.4 Å². The average Bonchev–Trinajstić information content (AvgIpc) is 3.17. The number of amides is 1. The number of carbonyl (C=O) groups excluding carboxylic acids is 1. The first-order chi connectivity index (χ1) is 9.79. The van der Waals surface area contributed by atoms with Crippen molar-refractivity contribution in [3.63, 3.8) is 0 Å². The first-order valence-electron chi connectivity index (χ1n) is 6.62. The van der Waals surface area contributed by atoms with Crippen LogP contribution >= 0.6 is 11.3 Å². The Morgan fingerprint density at radius 1 is 1.50 bits per heavy atom. The molecule has 20 heavy (non-hydrogen) atoms. The number of aromatic nitrogens is 1. The molecule has 5 heteroatoms. The first kappa shape index (κ1) is 13.1. The van der Waals surface area contributed by atoms with Gasteiger partial charge in [-0.2, -0.15) is 0 Å². The molecule has 1 amide bonds. The lowest BCUT2D eigenvalue weighted by Gasteiger charge is -2.24. The quantitative estimate of drug-likeness (QED) is 0.871. The highest BCUT2D eigenvalue weighted by molar-refractivity contribution is 7.07. The number of ether oxygens (including phenoxy) is 1. The van der Waals surface area contributed by atoms with Gasteiger partial charge >= 0.3 is 0 Å². The highest BCUT2D eigenvalue weighted by Gasteiger charge is 2.31. The number of nitrogens with zero attached hydrogens (tertiary/aromatic N) is 2. The fourth-order valence-electron chi connectivity index (χ4n) is 2.67. The normalized spacial score (nSPS) is 18.2. The number of benzene rings is 1. The average molecular weight is 288 g/mol.